The molecule has 4 rings (SSSR count). The summed E-state index contributed by atoms with van der Waals surface area (Å²) in [4.78, 5) is 32.6. The number of anilines is 1. The summed E-state index contributed by atoms with van der Waals surface area (Å²) in [6.07, 6.45) is 3.68. The minimum atomic E-state index is -0.370. The van der Waals surface area contributed by atoms with E-state index in [1.165, 1.54) is 0 Å². The molecule has 0 radical (unpaired) electrons. The number of halogens is 1. The Morgan fingerprint density at radius 1 is 1.09 bits per heavy atom. The Morgan fingerprint density at radius 2 is 1.79 bits per heavy atom. The Bertz CT molecular complexity index is 1080. The summed E-state index contributed by atoms with van der Waals surface area (Å²) >= 11 is 6.06. The van der Waals surface area contributed by atoms with E-state index in [1.807, 2.05) is 49.4 Å². The number of amides is 2. The van der Waals surface area contributed by atoms with Crippen LogP contribution in [0.3, 0.4) is 0 Å². The van der Waals surface area contributed by atoms with Crippen LogP contribution < -0.4 is 9.64 Å². The molecule has 33 heavy (non-hydrogen) atoms. The predicted molar refractivity (Wildman–Crippen MR) is 128 cm³/mol. The topological polar surface area (TPSA) is 62.7 Å². The second-order valence-electron chi connectivity index (χ2n) is 8.12. The smallest absolute Gasteiger partial charge is 0.408 e. The van der Waals surface area contributed by atoms with Crippen LogP contribution in [0.1, 0.15) is 30.1 Å². The highest BCUT2D eigenvalue weighted by molar-refractivity contribution is 6.30. The maximum Gasteiger partial charge on any atom is 0.415 e. The van der Waals surface area contributed by atoms with Crippen LogP contribution in [0.15, 0.2) is 72.9 Å². The lowest BCUT2D eigenvalue weighted by atomic mass is 9.84. The first-order chi connectivity index (χ1) is 16.1. The van der Waals surface area contributed by atoms with Crippen molar-refractivity contribution in [1.82, 2.24) is 9.88 Å². The lowest BCUT2D eigenvalue weighted by molar-refractivity contribution is -0.108. The lowest BCUT2D eigenvalue weighted by Crippen LogP contribution is -2.44. The highest BCUT2D eigenvalue weighted by Crippen LogP contribution is 2.38. The van der Waals surface area contributed by atoms with E-state index < -0.39 is 0 Å². The molecule has 1 fully saturated rings. The molecule has 3 aromatic rings. The standard InChI is InChI=1S/C26H26ClN3O3/c1-19-24(8-5-15-28-19)33-26(32)29-16-13-21(14-17-29)25(20-6-3-2-4-7-20)30(18-31)23-11-9-22(27)10-12-23/h2-12,15,18,21,25H,13-14,16-17H2,1H3/t25-/m1/s1. The second-order valence-corrected chi connectivity index (χ2v) is 8.56. The van der Waals surface area contributed by atoms with Crippen molar-refractivity contribution >= 4 is 29.8 Å². The molecule has 6 nitrogen and oxygen atoms in total. The zero-order valence-corrected chi connectivity index (χ0v) is 19.2. The number of piperidine rings is 1. The van der Waals surface area contributed by atoms with Crippen molar-refractivity contribution in [3.8, 4) is 5.75 Å². The van der Waals surface area contributed by atoms with Crippen molar-refractivity contribution in [2.45, 2.75) is 25.8 Å². The Kier molecular flexibility index (Phi) is 7.25. The summed E-state index contributed by atoms with van der Waals surface area (Å²) in [6, 6.07) is 20.6. The van der Waals surface area contributed by atoms with E-state index in [-0.39, 0.29) is 18.1 Å². The van der Waals surface area contributed by atoms with E-state index in [2.05, 4.69) is 4.98 Å². The number of nitrogens with zero attached hydrogens (tertiary/aromatic N) is 3. The Morgan fingerprint density at radius 3 is 2.42 bits per heavy atom. The molecule has 1 aliphatic heterocycles. The van der Waals surface area contributed by atoms with Crippen LogP contribution in [-0.4, -0.2) is 35.5 Å². The molecule has 0 N–H and O–H groups in total. The largest absolute Gasteiger partial charge is 0.415 e. The minimum Gasteiger partial charge on any atom is -0.408 e. The summed E-state index contributed by atoms with van der Waals surface area (Å²) in [5.74, 6) is 0.652. The van der Waals surface area contributed by atoms with Crippen LogP contribution >= 0.6 is 11.6 Å². The third-order valence-corrected chi connectivity index (χ3v) is 6.33. The number of aromatic nitrogens is 1. The van der Waals surface area contributed by atoms with Crippen LogP contribution in [-0.2, 0) is 4.79 Å². The number of rotatable bonds is 6. The van der Waals surface area contributed by atoms with Gasteiger partial charge in [-0.3, -0.25) is 9.78 Å². The normalized spacial score (nSPS) is 15.0. The highest BCUT2D eigenvalue weighted by Gasteiger charge is 2.34. The number of benzene rings is 2. The number of pyridine rings is 1. The highest BCUT2D eigenvalue weighted by atomic mass is 35.5. The first-order valence-electron chi connectivity index (χ1n) is 11.0. The summed E-state index contributed by atoms with van der Waals surface area (Å²) in [6.45, 7) is 2.92. The van der Waals surface area contributed by atoms with Crippen LogP contribution in [0, 0.1) is 12.8 Å². The van der Waals surface area contributed by atoms with Gasteiger partial charge in [0.1, 0.15) is 0 Å². The molecule has 0 saturated carbocycles. The number of hydrogen-bond acceptors (Lipinski definition) is 4. The van der Waals surface area contributed by atoms with Crippen LogP contribution in [0.5, 0.6) is 5.75 Å². The fraction of sp³-hybridized carbons (Fsp3) is 0.269. The molecule has 0 spiro atoms. The summed E-state index contributed by atoms with van der Waals surface area (Å²) in [7, 11) is 0. The molecule has 0 unspecified atom stereocenters. The van der Waals surface area contributed by atoms with Crippen molar-refractivity contribution in [3.63, 3.8) is 0 Å². The number of likely N-dealkylation sites (tertiary alicyclic amines) is 1. The number of aryl methyl sites for hydroxylation is 1. The van der Waals surface area contributed by atoms with Gasteiger partial charge in [-0.15, -0.1) is 0 Å². The quantitative estimate of drug-likeness (QED) is 0.442. The molecule has 7 heteroatoms. The molecular formula is C26H26ClN3O3. The van der Waals surface area contributed by atoms with Gasteiger partial charge in [0, 0.05) is 30.0 Å². The van der Waals surface area contributed by atoms with Gasteiger partial charge in [0.2, 0.25) is 6.41 Å². The fourth-order valence-corrected chi connectivity index (χ4v) is 4.47. The first kappa shape index (κ1) is 22.8. The number of ether oxygens (including phenoxy) is 1. The number of carbonyl (C=O) groups excluding carboxylic acids is 2. The minimum absolute atomic E-state index is 0.149. The first-order valence-corrected chi connectivity index (χ1v) is 11.4. The van der Waals surface area contributed by atoms with Crippen LogP contribution in [0.4, 0.5) is 10.5 Å². The molecule has 0 aliphatic carbocycles. The molecule has 2 amide bonds. The molecule has 2 heterocycles. The monoisotopic (exact) mass is 463 g/mol. The van der Waals surface area contributed by atoms with E-state index in [4.69, 9.17) is 16.3 Å². The summed E-state index contributed by atoms with van der Waals surface area (Å²) in [5, 5.41) is 0.622. The zero-order valence-electron chi connectivity index (χ0n) is 18.4. The van der Waals surface area contributed by atoms with E-state index in [9.17, 15) is 9.59 Å². The predicted octanol–water partition coefficient (Wildman–Crippen LogP) is 5.66. The zero-order chi connectivity index (χ0) is 23.2. The van der Waals surface area contributed by atoms with Crippen molar-refractivity contribution in [2.75, 3.05) is 18.0 Å². The fourth-order valence-electron chi connectivity index (χ4n) is 4.34. The van der Waals surface area contributed by atoms with Gasteiger partial charge < -0.3 is 14.5 Å². The van der Waals surface area contributed by atoms with Gasteiger partial charge in [0.15, 0.2) is 5.75 Å². The average Bonchev–Trinajstić information content (AvgIpc) is 2.85. The maximum absolute atomic E-state index is 12.7. The van der Waals surface area contributed by atoms with Gasteiger partial charge in [-0.05, 0) is 67.6 Å². The Balaban J connectivity index is 1.51. The lowest BCUT2D eigenvalue weighted by Gasteiger charge is -2.40. The molecule has 2 aromatic carbocycles. The van der Waals surface area contributed by atoms with E-state index >= 15 is 0 Å². The third-order valence-electron chi connectivity index (χ3n) is 6.08. The Hall–Kier alpha value is -3.38. The van der Waals surface area contributed by atoms with E-state index in [1.54, 1.807) is 40.3 Å². The SMILES string of the molecule is Cc1ncccc1OC(=O)N1CCC([C@@H](c2ccccc2)N(C=O)c2ccc(Cl)cc2)CC1. The van der Waals surface area contributed by atoms with Crippen molar-refractivity contribution in [3.05, 3.63) is 89.2 Å². The molecule has 1 aliphatic rings. The molecule has 1 saturated heterocycles. The molecule has 170 valence electrons. The van der Waals surface area contributed by atoms with Gasteiger partial charge in [0.05, 0.1) is 11.7 Å². The Labute approximate surface area is 198 Å². The maximum atomic E-state index is 12.7. The summed E-state index contributed by atoms with van der Waals surface area (Å²) in [5.41, 5.74) is 2.53. The van der Waals surface area contributed by atoms with Gasteiger partial charge in [-0.2, -0.15) is 0 Å². The van der Waals surface area contributed by atoms with Crippen molar-refractivity contribution in [1.29, 1.82) is 0 Å². The van der Waals surface area contributed by atoms with Crippen molar-refractivity contribution in [2.24, 2.45) is 5.92 Å². The molecular weight excluding hydrogens is 438 g/mol. The molecule has 1 aromatic heterocycles. The number of carbonyl (C=O) groups is 2. The summed E-state index contributed by atoms with van der Waals surface area (Å²) < 4.78 is 5.56. The van der Waals surface area contributed by atoms with Crippen molar-refractivity contribution < 1.29 is 14.3 Å². The van der Waals surface area contributed by atoms with Gasteiger partial charge in [-0.25, -0.2) is 4.79 Å². The van der Waals surface area contributed by atoms with E-state index in [0.717, 1.165) is 30.5 Å². The van der Waals surface area contributed by atoms with Gasteiger partial charge >= 0.3 is 6.09 Å². The third kappa shape index (κ3) is 5.34. The second kappa shape index (κ2) is 10.5. The van der Waals surface area contributed by atoms with Crippen LogP contribution in [0.25, 0.3) is 0 Å². The van der Waals surface area contributed by atoms with Gasteiger partial charge in [0.25, 0.3) is 0 Å². The van der Waals surface area contributed by atoms with Crippen LogP contribution in [0.2, 0.25) is 5.02 Å². The molecule has 1 atom stereocenters. The van der Waals surface area contributed by atoms with E-state index in [0.29, 0.717) is 29.6 Å². The van der Waals surface area contributed by atoms with Gasteiger partial charge in [-0.1, -0.05) is 41.9 Å². The average molecular weight is 464 g/mol. The molecule has 0 bridgehead atoms. The number of hydrogen-bond donors (Lipinski definition) is 0.